The average molecular weight is 417 g/mol. The highest BCUT2D eigenvalue weighted by Gasteiger charge is 2.55. The molecule has 3 N–H and O–H groups in total. The number of hydrogen-bond donors (Lipinski definition) is 3. The molecule has 7 heteroatoms. The lowest BCUT2D eigenvalue weighted by Gasteiger charge is -2.37. The van der Waals surface area contributed by atoms with Crippen molar-refractivity contribution >= 4 is 11.9 Å². The molecule has 0 aromatic heterocycles. The molecule has 1 spiro atoms. The minimum atomic E-state index is -0.649. The number of benzene rings is 1. The molecule has 2 atom stereocenters. The van der Waals surface area contributed by atoms with E-state index in [1.807, 2.05) is 6.07 Å². The van der Waals surface area contributed by atoms with E-state index in [0.29, 0.717) is 6.67 Å². The molecular weight excluding hydrogens is 380 g/mol. The lowest BCUT2D eigenvalue weighted by Crippen LogP contribution is -3.28. The number of aryl methyl sites for hydroxylation is 1. The van der Waals surface area contributed by atoms with Crippen LogP contribution in [0.4, 0.5) is 4.79 Å². The second-order valence-electron chi connectivity index (χ2n) is 9.43. The molecule has 1 aliphatic carbocycles. The number of hydrogen-bond acceptors (Lipinski definition) is 3. The number of quaternary nitrogens is 2. The molecule has 1 aromatic rings. The number of methoxy groups -OCH3 is 1. The molecule has 3 amide bonds. The number of amides is 3. The van der Waals surface area contributed by atoms with Crippen LogP contribution in [0.3, 0.4) is 0 Å². The lowest BCUT2D eigenvalue weighted by molar-refractivity contribution is -1.02. The molecule has 1 aromatic carbocycles. The summed E-state index contributed by atoms with van der Waals surface area (Å²) >= 11 is 0. The highest BCUT2D eigenvalue weighted by atomic mass is 16.5. The Morgan fingerprint density at radius 3 is 2.60 bits per heavy atom. The summed E-state index contributed by atoms with van der Waals surface area (Å²) in [5, 5.41) is 3.07. The van der Waals surface area contributed by atoms with Crippen molar-refractivity contribution < 1.29 is 24.1 Å². The van der Waals surface area contributed by atoms with Crippen molar-refractivity contribution in [3.8, 4) is 5.75 Å². The zero-order valence-electron chi connectivity index (χ0n) is 18.6. The predicted molar refractivity (Wildman–Crippen MR) is 113 cm³/mol. The van der Waals surface area contributed by atoms with Gasteiger partial charge in [0.1, 0.15) is 44.0 Å². The molecule has 3 fully saturated rings. The quantitative estimate of drug-likeness (QED) is 0.580. The number of imide groups is 1. The number of ether oxygens (including phenoxy) is 1. The second kappa shape index (κ2) is 8.55. The maximum atomic E-state index is 13.2. The van der Waals surface area contributed by atoms with E-state index in [1.54, 1.807) is 7.11 Å². The van der Waals surface area contributed by atoms with Crippen LogP contribution in [0.2, 0.25) is 0 Å². The van der Waals surface area contributed by atoms with E-state index in [4.69, 9.17) is 4.74 Å². The standard InChI is InChI=1S/C23H34N4O3/c1-17-7-8-20(30-3)19(14-17)15-25-10-12-26(13-11-25)16-27-21(28)23(24-22(27)29)9-5-4-6-18(23)2/h7-8,14,18H,4-6,9-13,15-16H2,1-3H3,(H,24,29)/p+2/t18-,23-/m1/s1. The summed E-state index contributed by atoms with van der Waals surface area (Å²) in [7, 11) is 1.73. The summed E-state index contributed by atoms with van der Waals surface area (Å²) in [5.74, 6) is 1.17. The molecule has 164 valence electrons. The maximum Gasteiger partial charge on any atom is 0.329 e. The average Bonchev–Trinajstić information content (AvgIpc) is 2.97. The van der Waals surface area contributed by atoms with E-state index in [2.05, 4.69) is 31.3 Å². The van der Waals surface area contributed by atoms with Crippen molar-refractivity contribution in [3.63, 3.8) is 0 Å². The molecule has 3 aliphatic rings. The fourth-order valence-electron chi connectivity index (χ4n) is 5.47. The third kappa shape index (κ3) is 3.93. The van der Waals surface area contributed by atoms with E-state index in [9.17, 15) is 9.59 Å². The van der Waals surface area contributed by atoms with Crippen molar-refractivity contribution in [1.29, 1.82) is 0 Å². The molecular formula is C23H36N4O3+2. The molecule has 0 bridgehead atoms. The molecule has 4 rings (SSSR count). The smallest absolute Gasteiger partial charge is 0.329 e. The first-order valence-corrected chi connectivity index (χ1v) is 11.4. The molecule has 2 heterocycles. The molecule has 1 saturated carbocycles. The van der Waals surface area contributed by atoms with Crippen LogP contribution in [-0.4, -0.2) is 62.3 Å². The Morgan fingerprint density at radius 2 is 1.90 bits per heavy atom. The number of rotatable bonds is 5. The SMILES string of the molecule is COc1ccc(C)cc1C[NH+]1CC[NH+](CN2C(=O)N[C@@]3(CCCC[C@H]3C)C2=O)CC1. The summed E-state index contributed by atoms with van der Waals surface area (Å²) in [6.45, 7) is 9.62. The maximum absolute atomic E-state index is 13.2. The van der Waals surface area contributed by atoms with Crippen LogP contribution in [0.1, 0.15) is 43.7 Å². The first-order chi connectivity index (χ1) is 14.4. The van der Waals surface area contributed by atoms with Gasteiger partial charge in [0.25, 0.3) is 5.91 Å². The Kier molecular flexibility index (Phi) is 6.02. The fourth-order valence-corrected chi connectivity index (χ4v) is 5.47. The first-order valence-electron chi connectivity index (χ1n) is 11.4. The van der Waals surface area contributed by atoms with E-state index < -0.39 is 5.54 Å². The van der Waals surface area contributed by atoms with Crippen LogP contribution in [0, 0.1) is 12.8 Å². The van der Waals surface area contributed by atoms with Gasteiger partial charge in [0.05, 0.1) is 7.11 Å². The number of nitrogens with zero attached hydrogens (tertiary/aromatic N) is 1. The van der Waals surface area contributed by atoms with E-state index in [-0.39, 0.29) is 17.9 Å². The van der Waals surface area contributed by atoms with Gasteiger partial charge in [-0.25, -0.2) is 9.69 Å². The number of carbonyl (C=O) groups is 2. The topological polar surface area (TPSA) is 67.5 Å². The Labute approximate surface area is 179 Å². The third-order valence-electron chi connectivity index (χ3n) is 7.42. The number of urea groups is 1. The van der Waals surface area contributed by atoms with Gasteiger partial charge in [0.15, 0.2) is 6.67 Å². The van der Waals surface area contributed by atoms with Crippen LogP contribution < -0.4 is 19.9 Å². The normalized spacial score (nSPS) is 31.8. The summed E-state index contributed by atoms with van der Waals surface area (Å²) < 4.78 is 5.53. The van der Waals surface area contributed by atoms with Crippen LogP contribution >= 0.6 is 0 Å². The van der Waals surface area contributed by atoms with E-state index >= 15 is 0 Å². The highest BCUT2D eigenvalue weighted by Crippen LogP contribution is 2.37. The van der Waals surface area contributed by atoms with Gasteiger partial charge < -0.3 is 19.9 Å². The number of nitrogens with one attached hydrogen (secondary N) is 3. The summed E-state index contributed by atoms with van der Waals surface area (Å²) in [6, 6.07) is 6.15. The minimum absolute atomic E-state index is 0.00599. The van der Waals surface area contributed by atoms with Gasteiger partial charge in [0, 0.05) is 5.56 Å². The van der Waals surface area contributed by atoms with Crippen LogP contribution in [0.15, 0.2) is 18.2 Å². The Morgan fingerprint density at radius 1 is 1.17 bits per heavy atom. The first kappa shape index (κ1) is 21.1. The van der Waals surface area contributed by atoms with Crippen LogP contribution in [0.25, 0.3) is 0 Å². The van der Waals surface area contributed by atoms with Crippen LogP contribution in [-0.2, 0) is 11.3 Å². The van der Waals surface area contributed by atoms with Crippen molar-refractivity contribution in [1.82, 2.24) is 10.2 Å². The predicted octanol–water partition coefficient (Wildman–Crippen LogP) is -0.255. The summed E-state index contributed by atoms with van der Waals surface area (Å²) in [4.78, 5) is 30.2. The summed E-state index contributed by atoms with van der Waals surface area (Å²) in [6.07, 6.45) is 3.95. The molecule has 0 radical (unpaired) electrons. The summed E-state index contributed by atoms with van der Waals surface area (Å²) in [5.41, 5.74) is 1.85. The Bertz CT molecular complexity index is 806. The number of carbonyl (C=O) groups excluding carboxylic acids is 2. The van der Waals surface area contributed by atoms with Gasteiger partial charge >= 0.3 is 6.03 Å². The van der Waals surface area contributed by atoms with Gasteiger partial charge in [-0.1, -0.05) is 31.4 Å². The minimum Gasteiger partial charge on any atom is -0.496 e. The zero-order chi connectivity index (χ0) is 21.3. The molecule has 30 heavy (non-hydrogen) atoms. The van der Waals surface area contributed by atoms with Gasteiger partial charge in [0.2, 0.25) is 0 Å². The monoisotopic (exact) mass is 416 g/mol. The van der Waals surface area contributed by atoms with Crippen molar-refractivity contribution in [3.05, 3.63) is 29.3 Å². The van der Waals surface area contributed by atoms with Gasteiger partial charge in [-0.3, -0.25) is 4.79 Å². The van der Waals surface area contributed by atoms with Crippen LogP contribution in [0.5, 0.6) is 5.75 Å². The van der Waals surface area contributed by atoms with Crippen molar-refractivity contribution in [2.75, 3.05) is 40.0 Å². The largest absolute Gasteiger partial charge is 0.496 e. The molecule has 0 unspecified atom stereocenters. The number of piperazine rings is 1. The van der Waals surface area contributed by atoms with Crippen molar-refractivity contribution in [2.24, 2.45) is 5.92 Å². The molecule has 7 nitrogen and oxygen atoms in total. The van der Waals surface area contributed by atoms with E-state index in [0.717, 1.165) is 64.2 Å². The van der Waals surface area contributed by atoms with Gasteiger partial charge in [-0.05, 0) is 37.8 Å². The van der Waals surface area contributed by atoms with Crippen molar-refractivity contribution in [2.45, 2.75) is 51.6 Å². The fraction of sp³-hybridized carbons (Fsp3) is 0.652. The second-order valence-corrected chi connectivity index (χ2v) is 9.43. The lowest BCUT2D eigenvalue weighted by atomic mass is 9.73. The third-order valence-corrected chi connectivity index (χ3v) is 7.42. The highest BCUT2D eigenvalue weighted by molar-refractivity contribution is 6.07. The van der Waals surface area contributed by atoms with E-state index in [1.165, 1.54) is 25.8 Å². The molecule has 2 aliphatic heterocycles. The van der Waals surface area contributed by atoms with Gasteiger partial charge in [-0.2, -0.15) is 0 Å². The Balaban J connectivity index is 1.33. The van der Waals surface area contributed by atoms with Gasteiger partial charge in [-0.15, -0.1) is 0 Å². The molecule has 2 saturated heterocycles. The Hall–Kier alpha value is -2.12. The zero-order valence-corrected chi connectivity index (χ0v) is 18.6.